The van der Waals surface area contributed by atoms with Gasteiger partial charge in [-0.2, -0.15) is 0 Å². The van der Waals surface area contributed by atoms with Crippen LogP contribution in [-0.4, -0.2) is 66.3 Å². The number of phosphoric acid groups is 1. The number of allylic oxidation sites excluding steroid dienone is 8. The van der Waals surface area contributed by atoms with Gasteiger partial charge < -0.3 is 24.6 Å². The Balaban J connectivity index is 4.13. The molecule has 352 valence electrons. The van der Waals surface area contributed by atoms with Gasteiger partial charge in [-0.05, 0) is 77.0 Å². The van der Waals surface area contributed by atoms with E-state index in [2.05, 4.69) is 62.5 Å². The van der Waals surface area contributed by atoms with Crippen molar-refractivity contribution in [2.75, 3.05) is 33.0 Å². The van der Waals surface area contributed by atoms with Crippen LogP contribution in [0.25, 0.3) is 0 Å². The number of aliphatic hydroxyl groups excluding tert-OH is 2. The highest BCUT2D eigenvalue weighted by atomic mass is 31.2. The molecule has 0 heterocycles. The lowest BCUT2D eigenvalue weighted by atomic mass is 10.1. The van der Waals surface area contributed by atoms with Crippen LogP contribution in [0.2, 0.25) is 0 Å². The smallest absolute Gasteiger partial charge is 0.457 e. The molecule has 3 atom stereocenters. The molecule has 0 aromatic carbocycles. The van der Waals surface area contributed by atoms with Crippen molar-refractivity contribution < 1.29 is 43.0 Å². The number of esters is 1. The molecule has 0 aromatic rings. The second-order valence-corrected chi connectivity index (χ2v) is 17.9. The van der Waals surface area contributed by atoms with Crippen molar-refractivity contribution in [2.24, 2.45) is 0 Å². The van der Waals surface area contributed by atoms with E-state index in [1.165, 1.54) is 141 Å². The highest BCUT2D eigenvalue weighted by molar-refractivity contribution is 7.47. The third-order valence-electron chi connectivity index (χ3n) is 10.5. The van der Waals surface area contributed by atoms with Crippen LogP contribution in [0.1, 0.15) is 219 Å². The molecular formula is C50H93O9P. The second-order valence-electron chi connectivity index (χ2n) is 16.5. The molecule has 0 aliphatic rings. The summed E-state index contributed by atoms with van der Waals surface area (Å²) in [6.45, 7) is 3.48. The monoisotopic (exact) mass is 869 g/mol. The summed E-state index contributed by atoms with van der Waals surface area (Å²) >= 11 is 0. The fourth-order valence-electron chi connectivity index (χ4n) is 6.71. The van der Waals surface area contributed by atoms with Crippen molar-refractivity contribution in [3.05, 3.63) is 48.6 Å². The van der Waals surface area contributed by atoms with E-state index in [0.29, 0.717) is 6.61 Å². The van der Waals surface area contributed by atoms with Gasteiger partial charge in [-0.3, -0.25) is 13.8 Å². The molecule has 0 aliphatic heterocycles. The SMILES string of the molecule is CCCCC/C=C\C/C=C\C/C=C\CCCCCCCCCOCC(COP(=O)(O)OCC(O)CO)OC(=O)CCCCCCCCCCC/C=C\CCCCCCCC. The molecule has 0 rings (SSSR count). The molecular weight excluding hydrogens is 776 g/mol. The Kier molecular flexibility index (Phi) is 45.7. The number of ether oxygens (including phenoxy) is 2. The quantitative estimate of drug-likeness (QED) is 0.0237. The second kappa shape index (κ2) is 46.9. The minimum absolute atomic E-state index is 0.0416. The van der Waals surface area contributed by atoms with Gasteiger partial charge in [-0.25, -0.2) is 4.57 Å². The van der Waals surface area contributed by atoms with Gasteiger partial charge in [0.25, 0.3) is 0 Å². The zero-order chi connectivity index (χ0) is 43.9. The molecule has 0 fully saturated rings. The van der Waals surface area contributed by atoms with Crippen LogP contribution in [0, 0.1) is 0 Å². The predicted molar refractivity (Wildman–Crippen MR) is 251 cm³/mol. The van der Waals surface area contributed by atoms with Crippen molar-refractivity contribution in [1.82, 2.24) is 0 Å². The molecule has 3 unspecified atom stereocenters. The van der Waals surface area contributed by atoms with E-state index in [4.69, 9.17) is 23.6 Å². The highest BCUT2D eigenvalue weighted by Crippen LogP contribution is 2.43. The third kappa shape index (κ3) is 45.9. The molecule has 3 N–H and O–H groups in total. The lowest BCUT2D eigenvalue weighted by Gasteiger charge is -2.20. The van der Waals surface area contributed by atoms with Gasteiger partial charge in [-0.1, -0.05) is 184 Å². The van der Waals surface area contributed by atoms with Crippen molar-refractivity contribution in [3.63, 3.8) is 0 Å². The van der Waals surface area contributed by atoms with Crippen molar-refractivity contribution in [3.8, 4) is 0 Å². The Bertz CT molecular complexity index is 1080. The Morgan fingerprint density at radius 1 is 0.517 bits per heavy atom. The summed E-state index contributed by atoms with van der Waals surface area (Å²) in [4.78, 5) is 22.7. The highest BCUT2D eigenvalue weighted by Gasteiger charge is 2.26. The summed E-state index contributed by atoms with van der Waals surface area (Å²) in [6, 6.07) is 0. The lowest BCUT2D eigenvalue weighted by molar-refractivity contribution is -0.154. The fourth-order valence-corrected chi connectivity index (χ4v) is 7.50. The summed E-state index contributed by atoms with van der Waals surface area (Å²) in [6.07, 6.45) is 53.5. The topological polar surface area (TPSA) is 132 Å². The van der Waals surface area contributed by atoms with Crippen LogP contribution in [0.15, 0.2) is 48.6 Å². The largest absolute Gasteiger partial charge is 0.472 e. The number of aliphatic hydroxyl groups is 2. The molecule has 60 heavy (non-hydrogen) atoms. The van der Waals surface area contributed by atoms with Gasteiger partial charge in [0.2, 0.25) is 0 Å². The van der Waals surface area contributed by atoms with Crippen molar-refractivity contribution >= 4 is 13.8 Å². The van der Waals surface area contributed by atoms with E-state index < -0.39 is 33.2 Å². The van der Waals surface area contributed by atoms with E-state index in [9.17, 15) is 19.4 Å². The maximum absolute atomic E-state index is 12.7. The minimum Gasteiger partial charge on any atom is -0.457 e. The molecule has 0 bridgehead atoms. The molecule has 0 aliphatic carbocycles. The van der Waals surface area contributed by atoms with E-state index in [1.807, 2.05) is 0 Å². The van der Waals surface area contributed by atoms with Crippen LogP contribution in [0.4, 0.5) is 0 Å². The van der Waals surface area contributed by atoms with Gasteiger partial charge in [0.15, 0.2) is 0 Å². The summed E-state index contributed by atoms with van der Waals surface area (Å²) in [5, 5.41) is 18.4. The standard InChI is InChI=1S/C50H93O9P/c1-3-5-7-9-11-13-15-17-19-21-23-25-27-29-31-33-35-37-39-41-43-56-46-49(47-58-60(54,55)57-45-48(52)44-51)59-50(53)42-40-38-36-34-32-30-28-26-24-22-20-18-16-14-12-10-8-6-4-2/h11,13,17-20,23,25,48-49,51-52H,3-10,12,14-16,21-22,24,26-47H2,1-2H3,(H,54,55)/b13-11-,19-17-,20-18-,25-23-. The number of unbranched alkanes of at least 4 members (excludes halogenated alkanes) is 25. The zero-order valence-electron chi connectivity index (χ0n) is 38.7. The molecule has 0 saturated heterocycles. The molecule has 0 amide bonds. The average molecular weight is 869 g/mol. The first-order chi connectivity index (χ1) is 29.3. The maximum Gasteiger partial charge on any atom is 0.472 e. The van der Waals surface area contributed by atoms with Crippen LogP contribution >= 0.6 is 7.82 Å². The number of carbonyl (C=O) groups excluding carboxylic acids is 1. The van der Waals surface area contributed by atoms with Crippen molar-refractivity contribution in [2.45, 2.75) is 232 Å². The number of carbonyl (C=O) groups is 1. The van der Waals surface area contributed by atoms with Crippen LogP contribution < -0.4 is 0 Å². The minimum atomic E-state index is -4.53. The summed E-state index contributed by atoms with van der Waals surface area (Å²) < 4.78 is 33.5. The zero-order valence-corrected chi connectivity index (χ0v) is 39.6. The lowest BCUT2D eigenvalue weighted by Crippen LogP contribution is -2.29. The number of hydrogen-bond acceptors (Lipinski definition) is 8. The van der Waals surface area contributed by atoms with Gasteiger partial charge in [0.05, 0.1) is 26.4 Å². The van der Waals surface area contributed by atoms with Gasteiger partial charge in [-0.15, -0.1) is 0 Å². The summed E-state index contributed by atoms with van der Waals surface area (Å²) in [5.74, 6) is -0.388. The first kappa shape index (κ1) is 58.4. The number of phosphoric ester groups is 1. The first-order valence-corrected chi connectivity index (χ1v) is 26.1. The molecule has 9 nitrogen and oxygen atoms in total. The van der Waals surface area contributed by atoms with Crippen LogP contribution in [0.3, 0.4) is 0 Å². The van der Waals surface area contributed by atoms with E-state index in [0.717, 1.165) is 57.8 Å². The summed E-state index contributed by atoms with van der Waals surface area (Å²) in [7, 11) is -4.53. The molecule has 0 saturated carbocycles. The maximum atomic E-state index is 12.7. The normalized spacial score (nSPS) is 14.3. The fraction of sp³-hybridized carbons (Fsp3) is 0.820. The number of hydrogen-bond donors (Lipinski definition) is 3. The molecule has 0 spiro atoms. The number of rotatable bonds is 47. The van der Waals surface area contributed by atoms with Crippen LogP contribution in [0.5, 0.6) is 0 Å². The first-order valence-electron chi connectivity index (χ1n) is 24.6. The molecule has 0 radical (unpaired) electrons. The predicted octanol–water partition coefficient (Wildman–Crippen LogP) is 14.1. The van der Waals surface area contributed by atoms with E-state index >= 15 is 0 Å². The van der Waals surface area contributed by atoms with E-state index in [1.54, 1.807) is 0 Å². The Labute approximate surface area is 368 Å². The van der Waals surface area contributed by atoms with Gasteiger partial charge in [0.1, 0.15) is 12.2 Å². The summed E-state index contributed by atoms with van der Waals surface area (Å²) in [5.41, 5.74) is 0. The van der Waals surface area contributed by atoms with Crippen molar-refractivity contribution in [1.29, 1.82) is 0 Å². The van der Waals surface area contributed by atoms with E-state index in [-0.39, 0.29) is 25.6 Å². The Morgan fingerprint density at radius 3 is 1.40 bits per heavy atom. The Morgan fingerprint density at radius 2 is 0.900 bits per heavy atom. The average Bonchev–Trinajstić information content (AvgIpc) is 3.24. The van der Waals surface area contributed by atoms with Gasteiger partial charge >= 0.3 is 13.8 Å². The van der Waals surface area contributed by atoms with Gasteiger partial charge in [0, 0.05) is 13.0 Å². The molecule has 0 aromatic heterocycles. The van der Waals surface area contributed by atoms with Crippen LogP contribution in [-0.2, 0) is 27.9 Å². The molecule has 10 heteroatoms. The third-order valence-corrected chi connectivity index (χ3v) is 11.4. The Hall–Kier alpha value is -1.58.